The fourth-order valence-corrected chi connectivity index (χ4v) is 3.53. The first-order chi connectivity index (χ1) is 10.7. The lowest BCUT2D eigenvalue weighted by Crippen LogP contribution is -2.35. The molecule has 2 aromatic rings. The van der Waals surface area contributed by atoms with Gasteiger partial charge in [0.15, 0.2) is 5.69 Å². The fourth-order valence-electron chi connectivity index (χ4n) is 2.69. The van der Waals surface area contributed by atoms with Crippen LogP contribution in [0.15, 0.2) is 18.2 Å². The predicted molar refractivity (Wildman–Crippen MR) is 87.1 cm³/mol. The van der Waals surface area contributed by atoms with E-state index in [4.69, 9.17) is 4.74 Å². The normalized spacial score (nSPS) is 17.8. The van der Waals surface area contributed by atoms with Gasteiger partial charge in [-0.2, -0.15) is 5.10 Å². The number of carbonyl (C=O) groups excluding carboxylic acids is 1. The Morgan fingerprint density at radius 2 is 2.41 bits per heavy atom. The molecule has 1 aliphatic heterocycles. The van der Waals surface area contributed by atoms with Crippen LogP contribution >= 0.6 is 11.3 Å². The summed E-state index contributed by atoms with van der Waals surface area (Å²) in [7, 11) is 0. The number of carbonyl (C=O) groups is 1. The highest BCUT2D eigenvalue weighted by molar-refractivity contribution is 7.15. The fraction of sp³-hybridized carbons (Fsp3) is 0.500. The molecule has 1 fully saturated rings. The number of aromatic amines is 1. The second kappa shape index (κ2) is 6.62. The highest BCUT2D eigenvalue weighted by Crippen LogP contribution is 2.26. The zero-order valence-electron chi connectivity index (χ0n) is 13.0. The smallest absolute Gasteiger partial charge is 0.274 e. The Balaban J connectivity index is 1.71. The average Bonchev–Trinajstić information content (AvgIpc) is 3.25. The molecule has 1 N–H and O–H groups in total. The molecular formula is C16H21N3O2S. The number of hydrogen-bond donors (Lipinski definition) is 1. The van der Waals surface area contributed by atoms with E-state index < -0.39 is 0 Å². The summed E-state index contributed by atoms with van der Waals surface area (Å²) in [5.74, 6) is 0.437. The SMILES string of the molecule is CCN(C[C@H]1CCOC1)C(=O)c1cc(-c2ccc(C)s2)[nH]n1. The van der Waals surface area contributed by atoms with Crippen molar-refractivity contribution in [2.75, 3.05) is 26.3 Å². The van der Waals surface area contributed by atoms with Crippen molar-refractivity contribution < 1.29 is 9.53 Å². The van der Waals surface area contributed by atoms with Crippen LogP contribution in [0.3, 0.4) is 0 Å². The van der Waals surface area contributed by atoms with Gasteiger partial charge in [0, 0.05) is 30.5 Å². The van der Waals surface area contributed by atoms with E-state index in [-0.39, 0.29) is 5.91 Å². The van der Waals surface area contributed by atoms with Crippen LogP contribution in [0.25, 0.3) is 10.6 Å². The summed E-state index contributed by atoms with van der Waals surface area (Å²) < 4.78 is 5.39. The van der Waals surface area contributed by atoms with Crippen molar-refractivity contribution in [3.63, 3.8) is 0 Å². The first kappa shape index (κ1) is 15.2. The van der Waals surface area contributed by atoms with E-state index in [9.17, 15) is 4.79 Å². The van der Waals surface area contributed by atoms with Gasteiger partial charge in [-0.05, 0) is 38.5 Å². The van der Waals surface area contributed by atoms with E-state index in [0.29, 0.717) is 18.2 Å². The third kappa shape index (κ3) is 3.23. The number of hydrogen-bond acceptors (Lipinski definition) is 4. The van der Waals surface area contributed by atoms with Crippen LogP contribution in [-0.2, 0) is 4.74 Å². The predicted octanol–water partition coefficient (Wildman–Crippen LogP) is 2.95. The monoisotopic (exact) mass is 319 g/mol. The van der Waals surface area contributed by atoms with Crippen LogP contribution in [0.1, 0.15) is 28.7 Å². The molecule has 3 heterocycles. The maximum atomic E-state index is 12.6. The molecule has 0 spiro atoms. The Labute approximate surface area is 134 Å². The molecule has 1 aliphatic rings. The third-order valence-corrected chi connectivity index (χ3v) is 5.01. The van der Waals surface area contributed by atoms with Crippen LogP contribution in [0, 0.1) is 12.8 Å². The first-order valence-electron chi connectivity index (χ1n) is 7.66. The van der Waals surface area contributed by atoms with E-state index in [0.717, 1.165) is 36.8 Å². The number of nitrogens with zero attached hydrogens (tertiary/aromatic N) is 2. The summed E-state index contributed by atoms with van der Waals surface area (Å²) in [6.07, 6.45) is 1.03. The Kier molecular flexibility index (Phi) is 4.59. The molecule has 5 nitrogen and oxygen atoms in total. The van der Waals surface area contributed by atoms with E-state index in [1.807, 2.05) is 17.9 Å². The number of ether oxygens (including phenoxy) is 1. The van der Waals surface area contributed by atoms with Crippen molar-refractivity contribution in [1.82, 2.24) is 15.1 Å². The molecule has 0 bridgehead atoms. The summed E-state index contributed by atoms with van der Waals surface area (Å²) in [6, 6.07) is 5.97. The molecule has 0 aliphatic carbocycles. The lowest BCUT2D eigenvalue weighted by molar-refractivity contribution is 0.0725. The number of aromatic nitrogens is 2. The van der Waals surface area contributed by atoms with Crippen molar-refractivity contribution in [3.05, 3.63) is 28.8 Å². The van der Waals surface area contributed by atoms with Crippen molar-refractivity contribution >= 4 is 17.2 Å². The Morgan fingerprint density at radius 1 is 1.55 bits per heavy atom. The number of amides is 1. The average molecular weight is 319 g/mol. The standard InChI is InChI=1S/C16H21N3O2S/c1-3-19(9-12-6-7-21-10-12)16(20)14-8-13(17-18-14)15-5-4-11(2)22-15/h4-5,8,12H,3,6-7,9-10H2,1-2H3,(H,17,18)/t12-/m1/s1. The van der Waals surface area contributed by atoms with Gasteiger partial charge < -0.3 is 9.64 Å². The summed E-state index contributed by atoms with van der Waals surface area (Å²) in [6.45, 7) is 7.07. The zero-order valence-corrected chi connectivity index (χ0v) is 13.8. The molecule has 1 saturated heterocycles. The number of H-pyrrole nitrogens is 1. The molecule has 1 amide bonds. The number of rotatable bonds is 5. The summed E-state index contributed by atoms with van der Waals surface area (Å²) >= 11 is 1.69. The van der Waals surface area contributed by atoms with Crippen LogP contribution in [0.5, 0.6) is 0 Å². The van der Waals surface area contributed by atoms with Crippen molar-refractivity contribution in [3.8, 4) is 10.6 Å². The highest BCUT2D eigenvalue weighted by atomic mass is 32.1. The van der Waals surface area contributed by atoms with Gasteiger partial charge in [0.05, 0.1) is 17.2 Å². The van der Waals surface area contributed by atoms with Crippen LogP contribution in [0.4, 0.5) is 0 Å². The van der Waals surface area contributed by atoms with Crippen LogP contribution in [-0.4, -0.2) is 47.3 Å². The van der Waals surface area contributed by atoms with Gasteiger partial charge in [0.2, 0.25) is 0 Å². The second-order valence-electron chi connectivity index (χ2n) is 5.65. The Bertz CT molecular complexity index is 643. The molecule has 6 heteroatoms. The molecule has 0 saturated carbocycles. The molecule has 118 valence electrons. The Morgan fingerprint density at radius 3 is 3.05 bits per heavy atom. The van der Waals surface area contributed by atoms with Crippen molar-refractivity contribution in [1.29, 1.82) is 0 Å². The second-order valence-corrected chi connectivity index (χ2v) is 6.94. The number of aryl methyl sites for hydroxylation is 1. The van der Waals surface area contributed by atoms with Gasteiger partial charge in [-0.1, -0.05) is 0 Å². The molecular weight excluding hydrogens is 298 g/mol. The maximum Gasteiger partial charge on any atom is 0.274 e. The molecule has 0 radical (unpaired) electrons. The van der Waals surface area contributed by atoms with E-state index in [2.05, 4.69) is 29.3 Å². The van der Waals surface area contributed by atoms with Gasteiger partial charge in [0.1, 0.15) is 0 Å². The largest absolute Gasteiger partial charge is 0.381 e. The minimum absolute atomic E-state index is 0.00909. The lowest BCUT2D eigenvalue weighted by Gasteiger charge is -2.22. The molecule has 2 aromatic heterocycles. The minimum Gasteiger partial charge on any atom is -0.381 e. The molecule has 1 atom stereocenters. The lowest BCUT2D eigenvalue weighted by atomic mass is 10.1. The van der Waals surface area contributed by atoms with Crippen LogP contribution in [0.2, 0.25) is 0 Å². The number of nitrogens with one attached hydrogen (secondary N) is 1. The van der Waals surface area contributed by atoms with Gasteiger partial charge in [-0.3, -0.25) is 9.89 Å². The maximum absolute atomic E-state index is 12.6. The van der Waals surface area contributed by atoms with Gasteiger partial charge >= 0.3 is 0 Å². The molecule has 0 aromatic carbocycles. The topological polar surface area (TPSA) is 58.2 Å². The van der Waals surface area contributed by atoms with Gasteiger partial charge in [-0.15, -0.1) is 11.3 Å². The van der Waals surface area contributed by atoms with E-state index in [1.54, 1.807) is 11.3 Å². The first-order valence-corrected chi connectivity index (χ1v) is 8.48. The van der Waals surface area contributed by atoms with E-state index in [1.165, 1.54) is 4.88 Å². The van der Waals surface area contributed by atoms with Gasteiger partial charge in [-0.25, -0.2) is 0 Å². The molecule has 22 heavy (non-hydrogen) atoms. The van der Waals surface area contributed by atoms with E-state index >= 15 is 0 Å². The highest BCUT2D eigenvalue weighted by Gasteiger charge is 2.24. The van der Waals surface area contributed by atoms with Crippen molar-refractivity contribution in [2.45, 2.75) is 20.3 Å². The van der Waals surface area contributed by atoms with Crippen LogP contribution < -0.4 is 0 Å². The summed E-state index contributed by atoms with van der Waals surface area (Å²) in [5.41, 5.74) is 1.39. The Hall–Kier alpha value is -1.66. The molecule has 3 rings (SSSR count). The zero-order chi connectivity index (χ0) is 15.5. The minimum atomic E-state index is -0.00909. The quantitative estimate of drug-likeness (QED) is 0.922. The number of thiophene rings is 1. The molecule has 0 unspecified atom stereocenters. The summed E-state index contributed by atoms with van der Waals surface area (Å²) in [4.78, 5) is 16.8. The summed E-state index contributed by atoms with van der Waals surface area (Å²) in [5, 5.41) is 7.18. The van der Waals surface area contributed by atoms with Gasteiger partial charge in [0.25, 0.3) is 5.91 Å². The van der Waals surface area contributed by atoms with Crippen molar-refractivity contribution in [2.24, 2.45) is 5.92 Å². The third-order valence-electron chi connectivity index (χ3n) is 3.97.